The van der Waals surface area contributed by atoms with Gasteiger partial charge >= 0.3 is 0 Å². The first kappa shape index (κ1) is 20.5. The van der Waals surface area contributed by atoms with Crippen molar-refractivity contribution in [2.75, 3.05) is 6.54 Å². The van der Waals surface area contributed by atoms with E-state index in [-0.39, 0.29) is 47.6 Å². The second-order valence-electron chi connectivity index (χ2n) is 8.22. The van der Waals surface area contributed by atoms with E-state index in [1.165, 1.54) is 12.8 Å². The first-order chi connectivity index (χ1) is 11.6. The van der Waals surface area contributed by atoms with Crippen LogP contribution < -0.4 is 16.4 Å². The molecule has 0 bridgehead atoms. The normalized spacial score (nSPS) is 29.0. The molecule has 3 rings (SSSR count). The first-order valence-electron chi connectivity index (χ1n) is 9.94. The van der Waals surface area contributed by atoms with Gasteiger partial charge in [0.15, 0.2) is 0 Å². The average molecular weight is 372 g/mol. The largest absolute Gasteiger partial charge is 0.353 e. The maximum atomic E-state index is 12.6. The highest BCUT2D eigenvalue weighted by Crippen LogP contribution is 2.31. The Morgan fingerprint density at radius 3 is 1.96 bits per heavy atom. The molecule has 3 fully saturated rings. The van der Waals surface area contributed by atoms with E-state index in [0.717, 1.165) is 64.2 Å². The highest BCUT2D eigenvalue weighted by Gasteiger charge is 2.37. The number of carbonyl (C=O) groups is 2. The monoisotopic (exact) mass is 371 g/mol. The zero-order valence-corrected chi connectivity index (χ0v) is 16.0. The van der Waals surface area contributed by atoms with Crippen molar-refractivity contribution in [3.8, 4) is 0 Å². The second-order valence-corrected chi connectivity index (χ2v) is 8.22. The standard InChI is InChI=1S/C19H33N3O2.ClH/c20-13-19(11-3-4-12-19)22-18(24)15-7-9-16(10-8-15)21-17(23)14-5-1-2-6-14;/h14-16H,1-13,20H2,(H,21,23)(H,22,24);1H. The number of rotatable bonds is 5. The van der Waals surface area contributed by atoms with E-state index < -0.39 is 0 Å². The quantitative estimate of drug-likeness (QED) is 0.694. The summed E-state index contributed by atoms with van der Waals surface area (Å²) in [6.45, 7) is 0.547. The van der Waals surface area contributed by atoms with Crippen molar-refractivity contribution < 1.29 is 9.59 Å². The summed E-state index contributed by atoms with van der Waals surface area (Å²) in [5.41, 5.74) is 5.77. The SMILES string of the molecule is Cl.NCC1(NC(=O)C2CCC(NC(=O)C3CCCC3)CC2)CCCC1. The molecule has 0 unspecified atom stereocenters. The summed E-state index contributed by atoms with van der Waals surface area (Å²) >= 11 is 0. The fraction of sp³-hybridized carbons (Fsp3) is 0.895. The molecular weight excluding hydrogens is 338 g/mol. The molecular formula is C19H34ClN3O2. The summed E-state index contributed by atoms with van der Waals surface area (Å²) in [5.74, 6) is 0.753. The van der Waals surface area contributed by atoms with Crippen LogP contribution in [0, 0.1) is 11.8 Å². The molecule has 0 atom stereocenters. The van der Waals surface area contributed by atoms with Crippen molar-refractivity contribution >= 4 is 24.2 Å². The lowest BCUT2D eigenvalue weighted by atomic mass is 9.84. The minimum Gasteiger partial charge on any atom is -0.353 e. The van der Waals surface area contributed by atoms with Crippen molar-refractivity contribution in [2.45, 2.75) is 88.6 Å². The minimum absolute atomic E-state index is 0. The van der Waals surface area contributed by atoms with E-state index in [2.05, 4.69) is 10.6 Å². The maximum Gasteiger partial charge on any atom is 0.223 e. The third-order valence-corrected chi connectivity index (χ3v) is 6.51. The number of amides is 2. The van der Waals surface area contributed by atoms with E-state index in [9.17, 15) is 9.59 Å². The molecule has 25 heavy (non-hydrogen) atoms. The molecule has 4 N–H and O–H groups in total. The molecule has 0 spiro atoms. The fourth-order valence-corrected chi connectivity index (χ4v) is 4.80. The van der Waals surface area contributed by atoms with E-state index >= 15 is 0 Å². The number of hydrogen-bond acceptors (Lipinski definition) is 3. The van der Waals surface area contributed by atoms with Crippen molar-refractivity contribution in [1.29, 1.82) is 0 Å². The van der Waals surface area contributed by atoms with Crippen molar-refractivity contribution in [2.24, 2.45) is 17.6 Å². The predicted molar refractivity (Wildman–Crippen MR) is 101 cm³/mol. The summed E-state index contributed by atoms with van der Waals surface area (Å²) in [7, 11) is 0. The Hall–Kier alpha value is -0.810. The van der Waals surface area contributed by atoms with E-state index in [1.54, 1.807) is 0 Å². The van der Waals surface area contributed by atoms with Gasteiger partial charge in [-0.05, 0) is 51.4 Å². The van der Waals surface area contributed by atoms with Crippen LogP contribution in [0.4, 0.5) is 0 Å². The smallest absolute Gasteiger partial charge is 0.223 e. The lowest BCUT2D eigenvalue weighted by molar-refractivity contribution is -0.128. The number of carbonyl (C=O) groups excluding carboxylic acids is 2. The Morgan fingerprint density at radius 1 is 0.840 bits per heavy atom. The van der Waals surface area contributed by atoms with Crippen LogP contribution in [-0.2, 0) is 9.59 Å². The highest BCUT2D eigenvalue weighted by molar-refractivity contribution is 5.85. The van der Waals surface area contributed by atoms with E-state index in [1.807, 2.05) is 0 Å². The van der Waals surface area contributed by atoms with Gasteiger partial charge in [-0.25, -0.2) is 0 Å². The first-order valence-corrected chi connectivity index (χ1v) is 9.94. The molecule has 144 valence electrons. The molecule has 0 aromatic carbocycles. The average Bonchev–Trinajstić information content (AvgIpc) is 3.28. The predicted octanol–water partition coefficient (Wildman–Crippen LogP) is 2.66. The van der Waals surface area contributed by atoms with Gasteiger partial charge in [0, 0.05) is 24.4 Å². The molecule has 3 aliphatic carbocycles. The van der Waals surface area contributed by atoms with Crippen molar-refractivity contribution in [3.05, 3.63) is 0 Å². The van der Waals surface area contributed by atoms with Crippen LogP contribution in [0.3, 0.4) is 0 Å². The molecule has 3 aliphatic rings. The molecule has 0 aliphatic heterocycles. The number of halogens is 1. The second kappa shape index (κ2) is 9.22. The Labute approximate surface area is 157 Å². The van der Waals surface area contributed by atoms with Gasteiger partial charge in [0.25, 0.3) is 0 Å². The van der Waals surface area contributed by atoms with Crippen molar-refractivity contribution in [1.82, 2.24) is 10.6 Å². The lowest BCUT2D eigenvalue weighted by Crippen LogP contribution is -2.54. The third kappa shape index (κ3) is 5.10. The van der Waals surface area contributed by atoms with Gasteiger partial charge in [-0.3, -0.25) is 9.59 Å². The Kier molecular flexibility index (Phi) is 7.56. The van der Waals surface area contributed by atoms with Gasteiger partial charge in [-0.2, -0.15) is 0 Å². The maximum absolute atomic E-state index is 12.6. The lowest BCUT2D eigenvalue weighted by Gasteiger charge is -2.34. The van der Waals surface area contributed by atoms with E-state index in [0.29, 0.717) is 6.54 Å². The summed E-state index contributed by atoms with van der Waals surface area (Å²) < 4.78 is 0. The zero-order chi connectivity index (χ0) is 17.0. The molecule has 3 saturated carbocycles. The van der Waals surface area contributed by atoms with Crippen molar-refractivity contribution in [3.63, 3.8) is 0 Å². The highest BCUT2D eigenvalue weighted by atomic mass is 35.5. The fourth-order valence-electron chi connectivity index (χ4n) is 4.80. The number of hydrogen-bond donors (Lipinski definition) is 3. The third-order valence-electron chi connectivity index (χ3n) is 6.51. The Morgan fingerprint density at radius 2 is 1.40 bits per heavy atom. The van der Waals surface area contributed by atoms with Gasteiger partial charge < -0.3 is 16.4 Å². The van der Waals surface area contributed by atoms with Gasteiger partial charge in [0.05, 0.1) is 5.54 Å². The van der Waals surface area contributed by atoms with E-state index in [4.69, 9.17) is 5.73 Å². The van der Waals surface area contributed by atoms with Gasteiger partial charge in [-0.1, -0.05) is 25.7 Å². The number of nitrogens with two attached hydrogens (primary N) is 1. The molecule has 0 heterocycles. The molecule has 5 nitrogen and oxygen atoms in total. The van der Waals surface area contributed by atoms with Crippen LogP contribution in [-0.4, -0.2) is 29.9 Å². The Balaban J connectivity index is 0.00000225. The molecule has 2 amide bonds. The summed E-state index contributed by atoms with van der Waals surface area (Å²) in [4.78, 5) is 24.8. The number of nitrogens with one attached hydrogen (secondary N) is 2. The molecule has 0 aromatic rings. The summed E-state index contributed by atoms with van der Waals surface area (Å²) in [6, 6.07) is 0.261. The topological polar surface area (TPSA) is 84.2 Å². The van der Waals surface area contributed by atoms with Gasteiger partial charge in [-0.15, -0.1) is 12.4 Å². The Bertz CT molecular complexity index is 452. The zero-order valence-electron chi connectivity index (χ0n) is 15.2. The van der Waals surface area contributed by atoms with Crippen LogP contribution in [0.2, 0.25) is 0 Å². The summed E-state index contributed by atoms with van der Waals surface area (Å²) in [6.07, 6.45) is 12.4. The van der Waals surface area contributed by atoms with Crippen LogP contribution >= 0.6 is 12.4 Å². The van der Waals surface area contributed by atoms with Crippen LogP contribution in [0.25, 0.3) is 0 Å². The van der Waals surface area contributed by atoms with Crippen LogP contribution in [0.1, 0.15) is 77.0 Å². The summed E-state index contributed by atoms with van der Waals surface area (Å²) in [5, 5.41) is 6.48. The van der Waals surface area contributed by atoms with Gasteiger partial charge in [0.2, 0.25) is 11.8 Å². The van der Waals surface area contributed by atoms with Crippen LogP contribution in [0.15, 0.2) is 0 Å². The van der Waals surface area contributed by atoms with Gasteiger partial charge in [0.1, 0.15) is 0 Å². The molecule has 0 saturated heterocycles. The molecule has 0 aromatic heterocycles. The minimum atomic E-state index is -0.148. The molecule has 0 radical (unpaired) electrons. The molecule has 6 heteroatoms. The van der Waals surface area contributed by atoms with Crippen LogP contribution in [0.5, 0.6) is 0 Å².